The molecule has 4 saturated carbocycles. The van der Waals surface area contributed by atoms with E-state index in [0.717, 1.165) is 25.7 Å². The van der Waals surface area contributed by atoms with Crippen molar-refractivity contribution in [3.05, 3.63) is 12.2 Å². The van der Waals surface area contributed by atoms with E-state index in [9.17, 15) is 25.5 Å². The monoisotopic (exact) mass is 464 g/mol. The van der Waals surface area contributed by atoms with Gasteiger partial charge in [-0.3, -0.25) is 0 Å². The normalized spacial score (nSPS) is 52.7. The van der Waals surface area contributed by atoms with Crippen molar-refractivity contribution in [3.63, 3.8) is 0 Å². The summed E-state index contributed by atoms with van der Waals surface area (Å²) in [6.45, 7) is 15.2. The van der Waals surface area contributed by atoms with E-state index in [4.69, 9.17) is 0 Å². The van der Waals surface area contributed by atoms with Crippen molar-refractivity contribution in [2.24, 2.45) is 46.3 Å². The van der Waals surface area contributed by atoms with Gasteiger partial charge in [0.25, 0.3) is 0 Å². The molecule has 4 fully saturated rings. The molecule has 4 aliphatic carbocycles. The largest absolute Gasteiger partial charge is 0.393 e. The fourth-order valence-corrected chi connectivity index (χ4v) is 9.32. The maximum Gasteiger partial charge on any atom is 0.101 e. The van der Waals surface area contributed by atoms with Gasteiger partial charge in [0.15, 0.2) is 0 Å². The van der Waals surface area contributed by atoms with E-state index < -0.39 is 35.4 Å². The second kappa shape index (κ2) is 8.58. The molecule has 12 atom stereocenters. The predicted molar refractivity (Wildman–Crippen MR) is 129 cm³/mol. The maximum atomic E-state index is 11.6. The van der Waals surface area contributed by atoms with Gasteiger partial charge in [0.2, 0.25) is 0 Å². The number of rotatable bonds is 5. The molecule has 5 N–H and O–H groups in total. The molecule has 4 aliphatic rings. The first-order chi connectivity index (χ1) is 15.3. The molecule has 0 amide bonds. The van der Waals surface area contributed by atoms with Crippen LogP contribution in [0, 0.1) is 46.3 Å². The zero-order valence-corrected chi connectivity index (χ0v) is 21.4. The summed E-state index contributed by atoms with van der Waals surface area (Å²) >= 11 is 0. The molecule has 33 heavy (non-hydrogen) atoms. The Morgan fingerprint density at radius 2 is 1.64 bits per heavy atom. The van der Waals surface area contributed by atoms with Gasteiger partial charge in [-0.15, -0.1) is 0 Å². The highest BCUT2D eigenvalue weighted by Gasteiger charge is 2.72. The first kappa shape index (κ1) is 25.6. The lowest BCUT2D eigenvalue weighted by atomic mass is 9.41. The molecule has 5 nitrogen and oxygen atoms in total. The predicted octanol–water partition coefficient (Wildman–Crippen LogP) is 3.66. The molecule has 0 heterocycles. The Balaban J connectivity index is 1.61. The first-order valence-electron chi connectivity index (χ1n) is 13.4. The first-order valence-corrected chi connectivity index (χ1v) is 13.4. The molecule has 0 aromatic heterocycles. The van der Waals surface area contributed by atoms with Gasteiger partial charge in [0.1, 0.15) is 5.60 Å². The van der Waals surface area contributed by atoms with Gasteiger partial charge in [0, 0.05) is 11.8 Å². The minimum absolute atomic E-state index is 0.0101. The molecule has 0 saturated heterocycles. The lowest BCUT2D eigenvalue weighted by molar-refractivity contribution is -0.310. The Hall–Kier alpha value is -0.460. The van der Waals surface area contributed by atoms with Crippen LogP contribution in [-0.4, -0.2) is 55.5 Å². The molecule has 0 radical (unpaired) electrons. The summed E-state index contributed by atoms with van der Waals surface area (Å²) in [5.74, 6) is 1.71. The molecule has 0 aliphatic heterocycles. The standard InChI is InChI=1S/C28H48O5/c1-15(2)16(3)7-8-17(4)20-9-10-21-19-12-24(32)28(33)13-18(29)11-23(31)27(28,6)25(19)22(30)14-26(20,21)5/h15,17-25,29-33H,3,7-14H2,1-2,4-6H3/t17-,18+,19?,20-,21?,22-,23-,24+,25?,26-,27-,28+/m1/s1. The summed E-state index contributed by atoms with van der Waals surface area (Å²) < 4.78 is 0. The number of fused-ring (bicyclic) bond motifs is 5. The summed E-state index contributed by atoms with van der Waals surface area (Å²) in [5.41, 5.74) is -1.32. The lowest BCUT2D eigenvalue weighted by Gasteiger charge is -2.67. The van der Waals surface area contributed by atoms with Crippen LogP contribution in [0.5, 0.6) is 0 Å². The van der Waals surface area contributed by atoms with Gasteiger partial charge in [-0.05, 0) is 85.9 Å². The van der Waals surface area contributed by atoms with Gasteiger partial charge in [-0.1, -0.05) is 46.8 Å². The Morgan fingerprint density at radius 1 is 0.970 bits per heavy atom. The molecular formula is C28H48O5. The zero-order valence-electron chi connectivity index (χ0n) is 21.4. The number of allylic oxidation sites excluding steroid dienone is 1. The zero-order chi connectivity index (χ0) is 24.5. The van der Waals surface area contributed by atoms with Crippen LogP contribution in [0.4, 0.5) is 0 Å². The topological polar surface area (TPSA) is 101 Å². The van der Waals surface area contributed by atoms with Crippen molar-refractivity contribution in [2.75, 3.05) is 0 Å². The molecule has 0 aromatic rings. The molecular weight excluding hydrogens is 416 g/mol. The van der Waals surface area contributed by atoms with Gasteiger partial charge in [0.05, 0.1) is 24.4 Å². The van der Waals surface area contributed by atoms with E-state index in [-0.39, 0.29) is 30.1 Å². The van der Waals surface area contributed by atoms with E-state index in [1.54, 1.807) is 0 Å². The van der Waals surface area contributed by atoms with Gasteiger partial charge >= 0.3 is 0 Å². The number of aliphatic hydroxyl groups excluding tert-OH is 4. The SMILES string of the molecule is C=C(CC[C@@H](C)[C@H]1CCC2C3C[C@H](O)[C@@]4(O)C[C@@H](O)C[C@@H](O)[C@]4(C)C3[C@H](O)C[C@@]21C)C(C)C. The summed E-state index contributed by atoms with van der Waals surface area (Å²) in [6, 6.07) is 0. The average molecular weight is 465 g/mol. The molecule has 0 spiro atoms. The third-order valence-corrected chi connectivity index (χ3v) is 11.4. The van der Waals surface area contributed by atoms with Crippen LogP contribution in [0.25, 0.3) is 0 Å². The molecule has 0 bridgehead atoms. The quantitative estimate of drug-likeness (QED) is 0.400. The van der Waals surface area contributed by atoms with Crippen molar-refractivity contribution in [2.45, 2.75) is 116 Å². The van der Waals surface area contributed by atoms with E-state index in [1.807, 2.05) is 6.92 Å². The second-order valence-corrected chi connectivity index (χ2v) is 13.2. The van der Waals surface area contributed by atoms with Crippen LogP contribution in [0.2, 0.25) is 0 Å². The summed E-state index contributed by atoms with van der Waals surface area (Å²) in [5, 5.41) is 55.9. The summed E-state index contributed by atoms with van der Waals surface area (Å²) in [6.07, 6.45) is 2.27. The average Bonchev–Trinajstić information content (AvgIpc) is 3.05. The Labute approximate surface area is 200 Å². The second-order valence-electron chi connectivity index (χ2n) is 13.2. The smallest absolute Gasteiger partial charge is 0.101 e. The van der Waals surface area contributed by atoms with Crippen LogP contribution in [0.3, 0.4) is 0 Å². The Kier molecular flexibility index (Phi) is 6.67. The van der Waals surface area contributed by atoms with Crippen molar-refractivity contribution < 1.29 is 25.5 Å². The van der Waals surface area contributed by atoms with Crippen LogP contribution < -0.4 is 0 Å². The van der Waals surface area contributed by atoms with E-state index in [1.165, 1.54) is 5.57 Å². The third kappa shape index (κ3) is 3.67. The van der Waals surface area contributed by atoms with Crippen LogP contribution >= 0.6 is 0 Å². The molecule has 0 aromatic carbocycles. The molecule has 5 heteroatoms. The molecule has 3 unspecified atom stereocenters. The van der Waals surface area contributed by atoms with Gasteiger partial charge in [-0.2, -0.15) is 0 Å². The van der Waals surface area contributed by atoms with Crippen LogP contribution in [-0.2, 0) is 0 Å². The van der Waals surface area contributed by atoms with Crippen LogP contribution in [0.1, 0.15) is 86.0 Å². The molecule has 4 rings (SSSR count). The minimum Gasteiger partial charge on any atom is -0.393 e. The van der Waals surface area contributed by atoms with Crippen molar-refractivity contribution >= 4 is 0 Å². The number of hydrogen-bond acceptors (Lipinski definition) is 5. The van der Waals surface area contributed by atoms with Crippen molar-refractivity contribution in [1.29, 1.82) is 0 Å². The highest BCUT2D eigenvalue weighted by molar-refractivity contribution is 5.21. The summed E-state index contributed by atoms with van der Waals surface area (Å²) in [4.78, 5) is 0. The van der Waals surface area contributed by atoms with Crippen molar-refractivity contribution in [3.8, 4) is 0 Å². The fraction of sp³-hybridized carbons (Fsp3) is 0.929. The van der Waals surface area contributed by atoms with Crippen LogP contribution in [0.15, 0.2) is 12.2 Å². The van der Waals surface area contributed by atoms with Gasteiger partial charge in [-0.25, -0.2) is 0 Å². The van der Waals surface area contributed by atoms with E-state index in [0.29, 0.717) is 36.5 Å². The fourth-order valence-electron chi connectivity index (χ4n) is 9.32. The van der Waals surface area contributed by atoms with Crippen molar-refractivity contribution in [1.82, 2.24) is 0 Å². The maximum absolute atomic E-state index is 11.6. The van der Waals surface area contributed by atoms with E-state index in [2.05, 4.69) is 34.3 Å². The molecule has 190 valence electrons. The number of hydrogen-bond donors (Lipinski definition) is 5. The number of aliphatic hydroxyl groups is 5. The summed E-state index contributed by atoms with van der Waals surface area (Å²) in [7, 11) is 0. The van der Waals surface area contributed by atoms with Gasteiger partial charge < -0.3 is 25.5 Å². The Morgan fingerprint density at radius 3 is 2.27 bits per heavy atom. The highest BCUT2D eigenvalue weighted by Crippen LogP contribution is 2.69. The van der Waals surface area contributed by atoms with E-state index >= 15 is 0 Å². The highest BCUT2D eigenvalue weighted by atomic mass is 16.4. The third-order valence-electron chi connectivity index (χ3n) is 11.4. The Bertz CT molecular complexity index is 753. The minimum atomic E-state index is -1.58. The lowest BCUT2D eigenvalue weighted by Crippen LogP contribution is -2.74.